The Hall–Kier alpha value is -1.80. The van der Waals surface area contributed by atoms with Crippen LogP contribution in [0.15, 0.2) is 34.1 Å². The Morgan fingerprint density at radius 2 is 1.76 bits per heavy atom. The van der Waals surface area contributed by atoms with Gasteiger partial charge in [0.15, 0.2) is 5.78 Å². The number of Topliss-reactive ketones (excluding diaryl/α,β-unsaturated/α-hetero) is 1. The average molecular weight is 324 g/mol. The zero-order valence-electron chi connectivity index (χ0n) is 11.1. The zero-order valence-corrected chi connectivity index (χ0v) is 12.8. The van der Waals surface area contributed by atoms with Crippen molar-refractivity contribution in [3.8, 4) is 0 Å². The van der Waals surface area contributed by atoms with Crippen molar-refractivity contribution in [2.75, 3.05) is 16.8 Å². The fourth-order valence-corrected chi connectivity index (χ4v) is 4.34. The van der Waals surface area contributed by atoms with E-state index >= 15 is 0 Å². The van der Waals surface area contributed by atoms with Gasteiger partial charge in [0.1, 0.15) is 5.57 Å². The van der Waals surface area contributed by atoms with Crippen LogP contribution in [-0.4, -0.2) is 28.1 Å². The van der Waals surface area contributed by atoms with Gasteiger partial charge in [0.05, 0.1) is 9.16 Å². The number of thioether (sulfide) groups is 2. The lowest BCUT2D eigenvalue weighted by Gasteiger charge is -2.08. The first kappa shape index (κ1) is 15.6. The third-order valence-electron chi connectivity index (χ3n) is 2.67. The second kappa shape index (κ2) is 6.77. The summed E-state index contributed by atoms with van der Waals surface area (Å²) in [4.78, 5) is 33.9. The minimum Gasteiger partial charge on any atom is -0.322 e. The molecule has 8 heteroatoms. The minimum atomic E-state index is -0.514. The van der Waals surface area contributed by atoms with Crippen LogP contribution in [-0.2, 0) is 9.59 Å². The van der Waals surface area contributed by atoms with Crippen molar-refractivity contribution in [2.24, 2.45) is 0 Å². The van der Waals surface area contributed by atoms with Crippen molar-refractivity contribution in [1.29, 1.82) is 0 Å². The number of anilines is 1. The number of nitrogens with one attached hydrogen (secondary N) is 1. The summed E-state index contributed by atoms with van der Waals surface area (Å²) >= 11 is 2.99. The van der Waals surface area contributed by atoms with E-state index in [1.807, 2.05) is 0 Å². The third-order valence-corrected chi connectivity index (χ3v) is 5.38. The number of rotatable bonds is 4. The van der Waals surface area contributed by atoms with Crippen LogP contribution in [0, 0.1) is 10.1 Å². The number of carbonyl (C=O) groups excluding carboxylic acids is 2. The standard InChI is InChI=1S/C13H12N2O4S2/c1-8(16)11(13-20-6-7-21-13)12(17)14-9-2-4-10(5-3-9)15(18)19/h2-5H,6-7H2,1H3,(H,14,17). The second-order valence-corrected chi connectivity index (χ2v) is 6.64. The number of hydrogen-bond donors (Lipinski definition) is 1. The van der Waals surface area contributed by atoms with Crippen molar-refractivity contribution in [1.82, 2.24) is 0 Å². The van der Waals surface area contributed by atoms with E-state index in [1.165, 1.54) is 54.7 Å². The molecule has 1 fully saturated rings. The summed E-state index contributed by atoms with van der Waals surface area (Å²) in [5.74, 6) is 0.989. The van der Waals surface area contributed by atoms with Crippen molar-refractivity contribution >= 4 is 46.6 Å². The lowest BCUT2D eigenvalue weighted by atomic mass is 10.2. The number of nitro groups is 1. The van der Waals surface area contributed by atoms with Crippen LogP contribution in [0.5, 0.6) is 0 Å². The summed E-state index contributed by atoms with van der Waals surface area (Å²) in [5, 5.41) is 13.2. The lowest BCUT2D eigenvalue weighted by molar-refractivity contribution is -0.384. The smallest absolute Gasteiger partial charge is 0.269 e. The van der Waals surface area contributed by atoms with Gasteiger partial charge in [-0.1, -0.05) is 0 Å². The molecule has 0 unspecified atom stereocenters. The molecule has 2 rings (SSSR count). The van der Waals surface area contributed by atoms with Crippen LogP contribution in [0.25, 0.3) is 0 Å². The Kier molecular flexibility index (Phi) is 5.03. The average Bonchev–Trinajstić information content (AvgIpc) is 2.92. The van der Waals surface area contributed by atoms with Crippen LogP contribution in [0.2, 0.25) is 0 Å². The third kappa shape index (κ3) is 3.85. The Labute approximate surface area is 129 Å². The fraction of sp³-hybridized carbons (Fsp3) is 0.231. The molecule has 0 atom stereocenters. The van der Waals surface area contributed by atoms with Crippen molar-refractivity contribution in [3.63, 3.8) is 0 Å². The molecular weight excluding hydrogens is 312 g/mol. The van der Waals surface area contributed by atoms with Gasteiger partial charge in [-0.15, -0.1) is 23.5 Å². The van der Waals surface area contributed by atoms with Crippen LogP contribution >= 0.6 is 23.5 Å². The van der Waals surface area contributed by atoms with E-state index in [2.05, 4.69) is 5.32 Å². The molecule has 110 valence electrons. The highest BCUT2D eigenvalue weighted by atomic mass is 32.2. The summed E-state index contributed by atoms with van der Waals surface area (Å²) in [6.07, 6.45) is 0. The van der Waals surface area contributed by atoms with E-state index in [4.69, 9.17) is 0 Å². The summed E-state index contributed by atoms with van der Waals surface area (Å²) in [7, 11) is 0. The molecule has 0 aliphatic carbocycles. The van der Waals surface area contributed by atoms with Crippen molar-refractivity contribution < 1.29 is 14.5 Å². The summed E-state index contributed by atoms with van der Waals surface area (Å²) < 4.78 is 0.738. The highest BCUT2D eigenvalue weighted by Gasteiger charge is 2.23. The fourth-order valence-electron chi connectivity index (χ4n) is 1.71. The molecule has 21 heavy (non-hydrogen) atoms. The predicted octanol–water partition coefficient (Wildman–Crippen LogP) is 2.81. The molecule has 0 bridgehead atoms. The molecular formula is C13H12N2O4S2. The Morgan fingerprint density at radius 3 is 2.24 bits per heavy atom. The predicted molar refractivity (Wildman–Crippen MR) is 84.3 cm³/mol. The first-order valence-electron chi connectivity index (χ1n) is 6.05. The number of carbonyl (C=O) groups is 2. The summed E-state index contributed by atoms with van der Waals surface area (Å²) in [6.45, 7) is 1.36. The van der Waals surface area contributed by atoms with E-state index in [0.29, 0.717) is 5.69 Å². The maximum Gasteiger partial charge on any atom is 0.269 e. The van der Waals surface area contributed by atoms with E-state index in [0.717, 1.165) is 15.7 Å². The molecule has 0 aromatic heterocycles. The van der Waals surface area contributed by atoms with E-state index in [-0.39, 0.29) is 17.0 Å². The highest BCUT2D eigenvalue weighted by molar-refractivity contribution is 8.25. The van der Waals surface area contributed by atoms with Crippen LogP contribution in [0.4, 0.5) is 11.4 Å². The van der Waals surface area contributed by atoms with Gasteiger partial charge in [0.25, 0.3) is 11.6 Å². The Bertz CT molecular complexity index is 618. The number of nitrogens with zero attached hydrogens (tertiary/aromatic N) is 1. The van der Waals surface area contributed by atoms with Crippen molar-refractivity contribution in [2.45, 2.75) is 6.92 Å². The zero-order chi connectivity index (χ0) is 15.4. The molecule has 6 nitrogen and oxygen atoms in total. The van der Waals surface area contributed by atoms with Crippen LogP contribution in [0.1, 0.15) is 6.92 Å². The second-order valence-electron chi connectivity index (χ2n) is 4.17. The molecule has 1 aliphatic rings. The number of nitro benzene ring substituents is 1. The molecule has 1 aromatic rings. The van der Waals surface area contributed by atoms with Gasteiger partial charge >= 0.3 is 0 Å². The number of amides is 1. The van der Waals surface area contributed by atoms with Gasteiger partial charge in [-0.05, 0) is 19.1 Å². The minimum absolute atomic E-state index is 0.0555. The van der Waals surface area contributed by atoms with Gasteiger partial charge in [0.2, 0.25) is 0 Å². The monoisotopic (exact) mass is 324 g/mol. The Morgan fingerprint density at radius 1 is 1.19 bits per heavy atom. The topological polar surface area (TPSA) is 89.3 Å². The summed E-state index contributed by atoms with van der Waals surface area (Å²) in [5.41, 5.74) is 0.513. The largest absolute Gasteiger partial charge is 0.322 e. The number of hydrogen-bond acceptors (Lipinski definition) is 6. The number of ketones is 1. The van der Waals surface area contributed by atoms with Gasteiger partial charge in [0, 0.05) is 29.3 Å². The molecule has 1 amide bonds. The maximum atomic E-state index is 12.2. The molecule has 0 spiro atoms. The molecule has 1 N–H and O–H groups in total. The van der Waals surface area contributed by atoms with Gasteiger partial charge < -0.3 is 5.32 Å². The van der Waals surface area contributed by atoms with Crippen LogP contribution in [0.3, 0.4) is 0 Å². The first-order chi connectivity index (χ1) is 9.99. The highest BCUT2D eigenvalue weighted by Crippen LogP contribution is 2.39. The Balaban J connectivity index is 2.17. The molecule has 1 heterocycles. The number of non-ortho nitro benzene ring substituents is 1. The molecule has 0 radical (unpaired) electrons. The summed E-state index contributed by atoms with van der Waals surface area (Å²) in [6, 6.07) is 5.48. The van der Waals surface area contributed by atoms with E-state index in [1.54, 1.807) is 0 Å². The quantitative estimate of drug-likeness (QED) is 0.301. The first-order valence-corrected chi connectivity index (χ1v) is 8.03. The SMILES string of the molecule is CC(=O)C(C(=O)Nc1ccc([N+](=O)[O-])cc1)=C1SCCS1. The molecule has 0 saturated carbocycles. The normalized spacial score (nSPS) is 13.9. The van der Waals surface area contributed by atoms with Gasteiger partial charge in [-0.3, -0.25) is 19.7 Å². The van der Waals surface area contributed by atoms with Crippen molar-refractivity contribution in [3.05, 3.63) is 44.2 Å². The number of benzene rings is 1. The van der Waals surface area contributed by atoms with E-state index in [9.17, 15) is 19.7 Å². The molecule has 1 saturated heterocycles. The van der Waals surface area contributed by atoms with Crippen LogP contribution < -0.4 is 5.32 Å². The molecule has 1 aromatic carbocycles. The van der Waals surface area contributed by atoms with Gasteiger partial charge in [-0.25, -0.2) is 0 Å². The maximum absolute atomic E-state index is 12.2. The van der Waals surface area contributed by atoms with Gasteiger partial charge in [-0.2, -0.15) is 0 Å². The molecule has 1 aliphatic heterocycles. The van der Waals surface area contributed by atoms with E-state index < -0.39 is 10.8 Å². The lowest BCUT2D eigenvalue weighted by Crippen LogP contribution is -2.19.